The summed E-state index contributed by atoms with van der Waals surface area (Å²) in [5.41, 5.74) is -3.05. The van der Waals surface area contributed by atoms with Crippen LogP contribution in [0.1, 0.15) is 108 Å². The molecule has 0 spiro atoms. The third-order valence-corrected chi connectivity index (χ3v) is 8.22. The fraction of sp³-hybridized carbons (Fsp3) is 0.862. The summed E-state index contributed by atoms with van der Waals surface area (Å²) < 4.78 is 17.5. The zero-order valence-electron chi connectivity index (χ0n) is 26.7. The fourth-order valence-corrected chi connectivity index (χ4v) is 5.51. The van der Waals surface area contributed by atoms with E-state index in [-0.39, 0.29) is 38.3 Å². The summed E-state index contributed by atoms with van der Waals surface area (Å²) in [6, 6.07) is -1.32. The number of hydrogen-bond donors (Lipinski definition) is 3. The van der Waals surface area contributed by atoms with Crippen LogP contribution in [0, 0.1) is 5.92 Å². The number of unbranched alkanes of at least 4 members (excludes halogenated alkanes) is 1. The number of piperidine rings is 1. The molecule has 0 aromatic carbocycles. The van der Waals surface area contributed by atoms with Gasteiger partial charge >= 0.3 is 19.2 Å². The Kier molecular flexibility index (Phi) is 11.3. The van der Waals surface area contributed by atoms with Crippen molar-refractivity contribution >= 4 is 31.0 Å². The van der Waals surface area contributed by atoms with E-state index in [4.69, 9.17) is 14.0 Å². The minimum atomic E-state index is -1.45. The molecule has 2 heterocycles. The van der Waals surface area contributed by atoms with E-state index in [1.54, 1.807) is 20.8 Å². The summed E-state index contributed by atoms with van der Waals surface area (Å²) in [6.07, 6.45) is 2.23. The lowest BCUT2D eigenvalue weighted by Gasteiger charge is -2.47. The molecule has 2 saturated heterocycles. The number of nitrogens with zero attached hydrogens (tertiary/aromatic N) is 1. The highest BCUT2D eigenvalue weighted by atomic mass is 16.7. The van der Waals surface area contributed by atoms with Crippen LogP contribution in [-0.4, -0.2) is 82.0 Å². The predicted molar refractivity (Wildman–Crippen MR) is 156 cm³/mol. The van der Waals surface area contributed by atoms with Crippen LogP contribution < -0.4 is 10.6 Å². The molecule has 0 radical (unpaired) electrons. The second-order valence-electron chi connectivity index (χ2n) is 14.0. The zero-order chi connectivity index (χ0) is 31.4. The largest absolute Gasteiger partial charge is 0.479 e. The van der Waals surface area contributed by atoms with Gasteiger partial charge in [0.1, 0.15) is 17.2 Å². The van der Waals surface area contributed by atoms with Gasteiger partial charge in [0.2, 0.25) is 11.8 Å². The van der Waals surface area contributed by atoms with Gasteiger partial charge in [0.05, 0.1) is 11.2 Å². The number of ether oxygens (including phenoxy) is 1. The molecule has 0 saturated carbocycles. The molecule has 3 atom stereocenters. The molecule has 0 bridgehead atoms. The maximum absolute atomic E-state index is 13.3. The van der Waals surface area contributed by atoms with Crippen molar-refractivity contribution in [2.45, 2.75) is 149 Å². The summed E-state index contributed by atoms with van der Waals surface area (Å²) in [6.45, 7) is 18.7. The lowest BCUT2D eigenvalue weighted by atomic mass is 9.77. The Morgan fingerprint density at radius 3 is 2.15 bits per heavy atom. The maximum Gasteiger partial charge on any atom is 0.457 e. The Balaban J connectivity index is 2.11. The number of amides is 3. The van der Waals surface area contributed by atoms with Crippen molar-refractivity contribution in [2.24, 2.45) is 5.92 Å². The van der Waals surface area contributed by atoms with E-state index >= 15 is 0 Å². The number of carbonyl (C=O) groups excluding carboxylic acids is 3. The molecule has 0 aromatic rings. The summed E-state index contributed by atoms with van der Waals surface area (Å²) in [7, 11) is -0.376. The third kappa shape index (κ3) is 9.33. The molecule has 2 fully saturated rings. The van der Waals surface area contributed by atoms with Crippen LogP contribution in [0.4, 0.5) is 4.79 Å². The lowest BCUT2D eigenvalue weighted by Crippen LogP contribution is -2.64. The number of hydrogen-bond acceptors (Lipinski definition) is 7. The molecular weight excluding hydrogens is 529 g/mol. The average molecular weight is 582 g/mol. The van der Waals surface area contributed by atoms with Crippen LogP contribution in [0.3, 0.4) is 0 Å². The van der Waals surface area contributed by atoms with E-state index < -0.39 is 52.4 Å². The first kappa shape index (κ1) is 34.9. The van der Waals surface area contributed by atoms with Crippen molar-refractivity contribution < 1.29 is 38.3 Å². The highest BCUT2D eigenvalue weighted by Crippen LogP contribution is 2.39. The summed E-state index contributed by atoms with van der Waals surface area (Å²) in [5, 5.41) is 16.1. The van der Waals surface area contributed by atoms with Crippen LogP contribution >= 0.6 is 0 Å². The second kappa shape index (κ2) is 13.3. The topological polar surface area (TPSA) is 144 Å². The molecule has 3 amide bonds. The normalized spacial score (nSPS) is 24.6. The molecule has 2 aliphatic heterocycles. The molecule has 2 rings (SSSR count). The Labute approximate surface area is 245 Å². The van der Waals surface area contributed by atoms with Crippen LogP contribution in [0.25, 0.3) is 0 Å². The Bertz CT molecular complexity index is 948. The molecule has 11 nitrogen and oxygen atoms in total. The molecule has 0 unspecified atom stereocenters. The van der Waals surface area contributed by atoms with Crippen LogP contribution in [0.15, 0.2) is 0 Å². The fourth-order valence-electron chi connectivity index (χ4n) is 5.51. The van der Waals surface area contributed by atoms with Crippen LogP contribution in [-0.2, 0) is 28.4 Å². The molecule has 41 heavy (non-hydrogen) atoms. The van der Waals surface area contributed by atoms with Crippen LogP contribution in [0.5, 0.6) is 0 Å². The first-order valence-electron chi connectivity index (χ1n) is 14.9. The number of aliphatic carboxylic acids is 1. The van der Waals surface area contributed by atoms with Gasteiger partial charge in [0.15, 0.2) is 0 Å². The Morgan fingerprint density at radius 2 is 1.66 bits per heavy atom. The van der Waals surface area contributed by atoms with Crippen molar-refractivity contribution in [3.8, 4) is 0 Å². The van der Waals surface area contributed by atoms with E-state index in [0.717, 1.165) is 0 Å². The van der Waals surface area contributed by atoms with Crippen molar-refractivity contribution in [3.05, 3.63) is 0 Å². The minimum absolute atomic E-state index is 0.0744. The molecule has 3 N–H and O–H groups in total. The number of alkyl carbamates (subject to hydrolysis) is 1. The zero-order valence-corrected chi connectivity index (χ0v) is 26.7. The monoisotopic (exact) mass is 581 g/mol. The number of carbonyl (C=O) groups is 4. The van der Waals surface area contributed by atoms with Gasteiger partial charge < -0.3 is 34.7 Å². The minimum Gasteiger partial charge on any atom is -0.479 e. The van der Waals surface area contributed by atoms with Crippen molar-refractivity contribution in [3.63, 3.8) is 0 Å². The number of likely N-dealkylation sites (tertiary alicyclic amines) is 1. The Morgan fingerprint density at radius 1 is 1.07 bits per heavy atom. The quantitative estimate of drug-likeness (QED) is 0.244. The number of carboxylic acid groups (broad SMARTS) is 1. The standard InChI is InChI=1S/C29H52BN3O8/c1-19(2)17-22(32-25(38)39-26(4,5)6)23(35)31-21-13-16-33(20(3)34)29(18-21,24(36)37)14-11-12-15-30-40-27(7,8)28(9,10)41-30/h19,21-22H,11-18H2,1-10H3,(H,31,35)(H,32,38)(H,36,37)/t21-,22-,29+/m0/s1. The summed E-state index contributed by atoms with van der Waals surface area (Å²) >= 11 is 0. The van der Waals surface area contributed by atoms with E-state index in [2.05, 4.69) is 10.6 Å². The molecule has 234 valence electrons. The summed E-state index contributed by atoms with van der Waals surface area (Å²) in [5.74, 6) is -1.69. The van der Waals surface area contributed by atoms with E-state index in [1.807, 2.05) is 41.5 Å². The third-order valence-electron chi connectivity index (χ3n) is 8.22. The van der Waals surface area contributed by atoms with Gasteiger partial charge in [-0.2, -0.15) is 0 Å². The first-order valence-corrected chi connectivity index (χ1v) is 14.9. The Hall–Kier alpha value is -2.34. The van der Waals surface area contributed by atoms with E-state index in [1.165, 1.54) is 11.8 Å². The molecule has 0 aliphatic carbocycles. The highest BCUT2D eigenvalue weighted by Gasteiger charge is 2.52. The number of rotatable bonds is 11. The van der Waals surface area contributed by atoms with Gasteiger partial charge in [0.25, 0.3) is 0 Å². The molecular formula is C29H52BN3O8. The highest BCUT2D eigenvalue weighted by molar-refractivity contribution is 6.45. The molecule has 2 aliphatic rings. The summed E-state index contributed by atoms with van der Waals surface area (Å²) in [4.78, 5) is 52.5. The van der Waals surface area contributed by atoms with E-state index in [0.29, 0.717) is 32.0 Å². The smallest absolute Gasteiger partial charge is 0.457 e. The van der Waals surface area contributed by atoms with Crippen LogP contribution in [0.2, 0.25) is 6.32 Å². The van der Waals surface area contributed by atoms with Gasteiger partial charge in [-0.1, -0.05) is 26.7 Å². The predicted octanol–water partition coefficient (Wildman–Crippen LogP) is 4.14. The van der Waals surface area contributed by atoms with Crippen molar-refractivity contribution in [2.75, 3.05) is 6.54 Å². The van der Waals surface area contributed by atoms with Gasteiger partial charge in [-0.25, -0.2) is 9.59 Å². The lowest BCUT2D eigenvalue weighted by molar-refractivity contribution is -0.163. The van der Waals surface area contributed by atoms with Gasteiger partial charge in [-0.15, -0.1) is 0 Å². The van der Waals surface area contributed by atoms with Crippen molar-refractivity contribution in [1.82, 2.24) is 15.5 Å². The molecule has 0 aromatic heterocycles. The van der Waals surface area contributed by atoms with Gasteiger partial charge in [-0.05, 0) is 80.0 Å². The van der Waals surface area contributed by atoms with Crippen molar-refractivity contribution in [1.29, 1.82) is 0 Å². The number of nitrogens with one attached hydrogen (secondary N) is 2. The van der Waals surface area contributed by atoms with Gasteiger partial charge in [0, 0.05) is 25.9 Å². The average Bonchev–Trinajstić information content (AvgIpc) is 3.00. The number of carboxylic acids is 1. The first-order chi connectivity index (χ1) is 18.7. The molecule has 12 heteroatoms. The van der Waals surface area contributed by atoms with E-state index in [9.17, 15) is 24.3 Å². The maximum atomic E-state index is 13.3. The SMILES string of the molecule is CC(=O)N1CC[C@H](NC(=O)[C@H](CC(C)C)NC(=O)OC(C)(C)C)C[C@]1(CCCCB1OC(C)(C)C(C)(C)O1)C(=O)O. The second-order valence-corrected chi connectivity index (χ2v) is 14.0. The van der Waals surface area contributed by atoms with Gasteiger partial charge in [-0.3, -0.25) is 9.59 Å².